The van der Waals surface area contributed by atoms with Crippen LogP contribution in [0.25, 0.3) is 22.3 Å². The molecule has 0 bridgehead atoms. The Morgan fingerprint density at radius 2 is 0.862 bits per heavy atom. The molecule has 150 valence electrons. The van der Waals surface area contributed by atoms with Crippen LogP contribution >= 0.6 is 0 Å². The SMILES string of the molecule is CC(C)(C)c1ccc(-c2cc(B(O)O)cc(-c3ccc(C(C)(C)C)cc3)c2)cc1. The highest BCUT2D eigenvalue weighted by atomic mass is 16.4. The summed E-state index contributed by atoms with van der Waals surface area (Å²) >= 11 is 0. The highest BCUT2D eigenvalue weighted by Crippen LogP contribution is 2.30. The molecule has 2 N–H and O–H groups in total. The van der Waals surface area contributed by atoms with Gasteiger partial charge in [-0.1, -0.05) is 102 Å². The van der Waals surface area contributed by atoms with Crippen LogP contribution in [0.3, 0.4) is 0 Å². The fourth-order valence-corrected chi connectivity index (χ4v) is 3.46. The third-order valence-electron chi connectivity index (χ3n) is 5.42. The van der Waals surface area contributed by atoms with Crippen LogP contribution in [0.5, 0.6) is 0 Å². The number of rotatable bonds is 3. The number of hydrogen-bond donors (Lipinski definition) is 2. The van der Waals surface area contributed by atoms with Crippen molar-refractivity contribution < 1.29 is 10.0 Å². The molecule has 0 aliphatic carbocycles. The third-order valence-corrected chi connectivity index (χ3v) is 5.42. The first-order valence-electron chi connectivity index (χ1n) is 10.2. The lowest BCUT2D eigenvalue weighted by atomic mass is 9.77. The Morgan fingerprint density at radius 1 is 0.517 bits per heavy atom. The van der Waals surface area contributed by atoms with Crippen molar-refractivity contribution in [1.29, 1.82) is 0 Å². The Bertz CT molecular complexity index is 897. The quantitative estimate of drug-likeness (QED) is 0.600. The molecule has 0 spiro atoms. The summed E-state index contributed by atoms with van der Waals surface area (Å²) in [4.78, 5) is 0. The minimum atomic E-state index is -1.50. The number of hydrogen-bond acceptors (Lipinski definition) is 2. The average molecular weight is 386 g/mol. The molecule has 3 heteroatoms. The van der Waals surface area contributed by atoms with Crippen molar-refractivity contribution in [3.8, 4) is 22.3 Å². The van der Waals surface area contributed by atoms with Crippen LogP contribution in [0.1, 0.15) is 52.7 Å². The van der Waals surface area contributed by atoms with Crippen molar-refractivity contribution in [3.05, 3.63) is 77.9 Å². The van der Waals surface area contributed by atoms with Gasteiger partial charge in [0.25, 0.3) is 0 Å². The predicted octanol–water partition coefficient (Wildman–Crippen LogP) is 5.30. The molecule has 3 aromatic carbocycles. The Balaban J connectivity index is 2.05. The van der Waals surface area contributed by atoms with E-state index in [2.05, 4.69) is 96.1 Å². The maximum Gasteiger partial charge on any atom is 0.488 e. The van der Waals surface area contributed by atoms with Crippen molar-refractivity contribution in [1.82, 2.24) is 0 Å². The Morgan fingerprint density at radius 3 is 1.14 bits per heavy atom. The fraction of sp³-hybridized carbons (Fsp3) is 0.308. The number of benzene rings is 3. The standard InChI is InChI=1S/C26H31BO2/c1-25(2,3)22-11-7-18(8-12-22)20-15-21(17-24(16-20)27(28)29)19-9-13-23(14-10-19)26(4,5)6/h7-17,28-29H,1-6H3. The summed E-state index contributed by atoms with van der Waals surface area (Å²) in [5.41, 5.74) is 7.33. The van der Waals surface area contributed by atoms with Crippen molar-refractivity contribution in [2.75, 3.05) is 0 Å². The molecule has 29 heavy (non-hydrogen) atoms. The maximum absolute atomic E-state index is 9.82. The molecule has 0 unspecified atom stereocenters. The van der Waals surface area contributed by atoms with Crippen LogP contribution in [0.2, 0.25) is 0 Å². The van der Waals surface area contributed by atoms with Crippen molar-refractivity contribution in [2.45, 2.75) is 52.4 Å². The first-order chi connectivity index (χ1) is 13.4. The Hall–Kier alpha value is -2.36. The second kappa shape index (κ2) is 7.81. The van der Waals surface area contributed by atoms with E-state index in [0.717, 1.165) is 22.3 Å². The highest BCUT2D eigenvalue weighted by molar-refractivity contribution is 6.58. The zero-order valence-corrected chi connectivity index (χ0v) is 18.3. The van der Waals surface area contributed by atoms with Gasteiger partial charge in [0.1, 0.15) is 0 Å². The zero-order chi connectivity index (χ0) is 21.4. The average Bonchev–Trinajstić information content (AvgIpc) is 2.66. The van der Waals surface area contributed by atoms with E-state index in [4.69, 9.17) is 0 Å². The molecule has 0 radical (unpaired) electrons. The van der Waals surface area contributed by atoms with Crippen LogP contribution < -0.4 is 5.46 Å². The van der Waals surface area contributed by atoms with E-state index in [1.807, 2.05) is 12.1 Å². The zero-order valence-electron chi connectivity index (χ0n) is 18.3. The fourth-order valence-electron chi connectivity index (χ4n) is 3.46. The minimum Gasteiger partial charge on any atom is -0.423 e. The van der Waals surface area contributed by atoms with Crippen LogP contribution in [-0.4, -0.2) is 17.2 Å². The van der Waals surface area contributed by atoms with Crippen molar-refractivity contribution in [3.63, 3.8) is 0 Å². The van der Waals surface area contributed by atoms with Crippen LogP contribution in [0.15, 0.2) is 66.7 Å². The summed E-state index contributed by atoms with van der Waals surface area (Å²) in [5.74, 6) is 0. The van der Waals surface area contributed by atoms with Gasteiger partial charge in [-0.3, -0.25) is 0 Å². The molecule has 0 saturated heterocycles. The smallest absolute Gasteiger partial charge is 0.423 e. The molecule has 0 aliphatic rings. The van der Waals surface area contributed by atoms with Gasteiger partial charge in [-0.05, 0) is 55.7 Å². The molecule has 0 fully saturated rings. The molecule has 0 saturated carbocycles. The molecule has 0 heterocycles. The monoisotopic (exact) mass is 386 g/mol. The van der Waals surface area contributed by atoms with Gasteiger partial charge in [0.2, 0.25) is 0 Å². The van der Waals surface area contributed by atoms with Gasteiger partial charge in [0, 0.05) is 0 Å². The topological polar surface area (TPSA) is 40.5 Å². The second-order valence-corrected chi connectivity index (χ2v) is 9.87. The highest BCUT2D eigenvalue weighted by Gasteiger charge is 2.17. The lowest BCUT2D eigenvalue weighted by Gasteiger charge is -2.20. The molecular formula is C26H31BO2. The summed E-state index contributed by atoms with van der Waals surface area (Å²) < 4.78 is 0. The largest absolute Gasteiger partial charge is 0.488 e. The molecule has 0 aliphatic heterocycles. The van der Waals surface area contributed by atoms with Gasteiger partial charge >= 0.3 is 7.12 Å². The summed E-state index contributed by atoms with van der Waals surface area (Å²) in [7, 11) is -1.50. The summed E-state index contributed by atoms with van der Waals surface area (Å²) in [6.45, 7) is 13.2. The Kier molecular flexibility index (Phi) is 5.75. The lowest BCUT2D eigenvalue weighted by molar-refractivity contribution is 0.426. The van der Waals surface area contributed by atoms with Crippen molar-refractivity contribution in [2.24, 2.45) is 0 Å². The van der Waals surface area contributed by atoms with Gasteiger partial charge in [-0.2, -0.15) is 0 Å². The first kappa shape index (κ1) is 21.4. The van der Waals surface area contributed by atoms with Crippen LogP contribution in [-0.2, 0) is 10.8 Å². The van der Waals surface area contributed by atoms with E-state index < -0.39 is 7.12 Å². The van der Waals surface area contributed by atoms with Crippen LogP contribution in [0, 0.1) is 0 Å². The third kappa shape index (κ3) is 4.98. The molecule has 3 aromatic rings. The van der Waals surface area contributed by atoms with Gasteiger partial charge < -0.3 is 10.0 Å². The normalized spacial score (nSPS) is 12.1. The maximum atomic E-state index is 9.82. The van der Waals surface area contributed by atoms with E-state index in [0.29, 0.717) is 5.46 Å². The summed E-state index contributed by atoms with van der Waals surface area (Å²) in [5, 5.41) is 19.6. The van der Waals surface area contributed by atoms with E-state index in [1.165, 1.54) is 11.1 Å². The molecular weight excluding hydrogens is 355 g/mol. The van der Waals surface area contributed by atoms with E-state index in [1.54, 1.807) is 0 Å². The Labute approximate surface area is 175 Å². The summed E-state index contributed by atoms with van der Waals surface area (Å²) in [6.07, 6.45) is 0. The van der Waals surface area contributed by atoms with Gasteiger partial charge in [0.15, 0.2) is 0 Å². The van der Waals surface area contributed by atoms with Gasteiger partial charge in [0.05, 0.1) is 0 Å². The van der Waals surface area contributed by atoms with Crippen LogP contribution in [0.4, 0.5) is 0 Å². The van der Waals surface area contributed by atoms with Gasteiger partial charge in [-0.15, -0.1) is 0 Å². The molecule has 2 nitrogen and oxygen atoms in total. The van der Waals surface area contributed by atoms with Crippen molar-refractivity contribution >= 4 is 12.6 Å². The van der Waals surface area contributed by atoms with Gasteiger partial charge in [-0.25, -0.2) is 0 Å². The first-order valence-corrected chi connectivity index (χ1v) is 10.2. The molecule has 0 aromatic heterocycles. The molecule has 0 amide bonds. The molecule has 3 rings (SSSR count). The second-order valence-electron chi connectivity index (χ2n) is 9.87. The van der Waals surface area contributed by atoms with E-state index in [9.17, 15) is 10.0 Å². The minimum absolute atomic E-state index is 0.0988. The lowest BCUT2D eigenvalue weighted by Crippen LogP contribution is -2.30. The predicted molar refractivity (Wildman–Crippen MR) is 125 cm³/mol. The summed E-state index contributed by atoms with van der Waals surface area (Å²) in [6, 6.07) is 22.8. The van der Waals surface area contributed by atoms with E-state index >= 15 is 0 Å². The van der Waals surface area contributed by atoms with E-state index in [-0.39, 0.29) is 10.8 Å². The molecule has 0 atom stereocenters.